The fraction of sp³-hybridized carbons (Fsp3) is 0.800. The van der Waals surface area contributed by atoms with Crippen LogP contribution in [-0.4, -0.2) is 29.7 Å². The summed E-state index contributed by atoms with van der Waals surface area (Å²) >= 11 is 0. The van der Waals surface area contributed by atoms with Gasteiger partial charge in [-0.05, 0) is 20.3 Å². The van der Waals surface area contributed by atoms with Gasteiger partial charge in [0.2, 0.25) is 0 Å². The molecule has 1 aliphatic heterocycles. The number of aliphatic hydroxyl groups excluding tert-OH is 1. The van der Waals surface area contributed by atoms with Crippen LogP contribution in [0.25, 0.3) is 0 Å². The fourth-order valence-electron chi connectivity index (χ4n) is 1.47. The smallest absolute Gasteiger partial charge is 0.163 e. The van der Waals surface area contributed by atoms with E-state index in [4.69, 9.17) is 9.47 Å². The van der Waals surface area contributed by atoms with Crippen molar-refractivity contribution in [3.05, 3.63) is 12.7 Å². The molecule has 1 fully saturated rings. The highest BCUT2D eigenvalue weighted by Gasteiger charge is 2.33. The molecular formula is C10H18O3. The van der Waals surface area contributed by atoms with Crippen molar-refractivity contribution in [1.29, 1.82) is 0 Å². The lowest BCUT2D eigenvalue weighted by Gasteiger charge is -2.18. The predicted molar refractivity (Wildman–Crippen MR) is 50.3 cm³/mol. The topological polar surface area (TPSA) is 38.7 Å². The minimum atomic E-state index is -0.488. The molecule has 3 nitrogen and oxygen atoms in total. The van der Waals surface area contributed by atoms with Gasteiger partial charge < -0.3 is 14.6 Å². The summed E-state index contributed by atoms with van der Waals surface area (Å²) in [5.41, 5.74) is 0. The minimum Gasteiger partial charge on any atom is -0.393 e. The van der Waals surface area contributed by atoms with Gasteiger partial charge in [-0.3, -0.25) is 0 Å². The third-order valence-corrected chi connectivity index (χ3v) is 2.04. The van der Waals surface area contributed by atoms with E-state index in [0.717, 1.165) is 0 Å². The maximum atomic E-state index is 9.47. The van der Waals surface area contributed by atoms with Crippen molar-refractivity contribution in [3.63, 3.8) is 0 Å². The first-order valence-electron chi connectivity index (χ1n) is 4.64. The van der Waals surface area contributed by atoms with E-state index in [1.807, 2.05) is 13.8 Å². The monoisotopic (exact) mass is 186 g/mol. The van der Waals surface area contributed by atoms with Crippen LogP contribution < -0.4 is 0 Å². The molecule has 0 aromatic heterocycles. The number of ether oxygens (including phenoxy) is 2. The second-order valence-electron chi connectivity index (χ2n) is 3.86. The first kappa shape index (κ1) is 10.7. The van der Waals surface area contributed by atoms with E-state index in [9.17, 15) is 5.11 Å². The Kier molecular flexibility index (Phi) is 3.47. The number of aliphatic hydroxyl groups is 1. The second-order valence-corrected chi connectivity index (χ2v) is 3.86. The predicted octanol–water partition coefficient (Wildman–Crippen LogP) is 1.46. The molecule has 0 unspecified atom stereocenters. The molecule has 0 aliphatic carbocycles. The van der Waals surface area contributed by atoms with Crippen molar-refractivity contribution < 1.29 is 14.6 Å². The number of rotatable bonds is 4. The van der Waals surface area contributed by atoms with E-state index in [1.54, 1.807) is 6.08 Å². The van der Waals surface area contributed by atoms with Gasteiger partial charge in [0.15, 0.2) is 5.79 Å². The Balaban J connectivity index is 2.27. The van der Waals surface area contributed by atoms with Crippen LogP contribution in [-0.2, 0) is 9.47 Å². The lowest BCUT2D eigenvalue weighted by atomic mass is 10.1. The van der Waals surface area contributed by atoms with Crippen molar-refractivity contribution in [2.75, 3.05) is 6.61 Å². The van der Waals surface area contributed by atoms with Crippen molar-refractivity contribution in [3.8, 4) is 0 Å². The van der Waals surface area contributed by atoms with Crippen LogP contribution in [0.2, 0.25) is 0 Å². The Morgan fingerprint density at radius 1 is 1.69 bits per heavy atom. The summed E-state index contributed by atoms with van der Waals surface area (Å²) in [6, 6.07) is 0. The standard InChI is InChI=1S/C10H18O3/c1-4-5-8(11)6-9-7-12-10(2,3)13-9/h4,8-9,11H,1,5-7H2,2-3H3/t8-,9-/m0/s1. The van der Waals surface area contributed by atoms with Gasteiger partial charge in [-0.1, -0.05) is 6.08 Å². The van der Waals surface area contributed by atoms with Gasteiger partial charge in [0, 0.05) is 6.42 Å². The van der Waals surface area contributed by atoms with Crippen molar-refractivity contribution in [1.82, 2.24) is 0 Å². The summed E-state index contributed by atoms with van der Waals surface area (Å²) in [4.78, 5) is 0. The van der Waals surface area contributed by atoms with Crippen molar-refractivity contribution in [2.24, 2.45) is 0 Å². The maximum Gasteiger partial charge on any atom is 0.163 e. The first-order valence-corrected chi connectivity index (χ1v) is 4.64. The summed E-state index contributed by atoms with van der Waals surface area (Å²) in [6.45, 7) is 7.91. The third-order valence-electron chi connectivity index (χ3n) is 2.04. The van der Waals surface area contributed by atoms with Crippen LogP contribution in [0.4, 0.5) is 0 Å². The zero-order chi connectivity index (χ0) is 9.90. The summed E-state index contributed by atoms with van der Waals surface area (Å²) in [5, 5.41) is 9.47. The zero-order valence-corrected chi connectivity index (χ0v) is 8.32. The van der Waals surface area contributed by atoms with E-state index < -0.39 is 5.79 Å². The molecule has 76 valence electrons. The van der Waals surface area contributed by atoms with Gasteiger partial charge in [0.05, 0.1) is 18.8 Å². The normalized spacial score (nSPS) is 28.7. The Morgan fingerprint density at radius 2 is 2.38 bits per heavy atom. The van der Waals surface area contributed by atoms with Crippen LogP contribution in [0.5, 0.6) is 0 Å². The van der Waals surface area contributed by atoms with Gasteiger partial charge in [-0.2, -0.15) is 0 Å². The Morgan fingerprint density at radius 3 is 2.85 bits per heavy atom. The number of hydrogen-bond donors (Lipinski definition) is 1. The van der Waals surface area contributed by atoms with Gasteiger partial charge in [-0.25, -0.2) is 0 Å². The van der Waals surface area contributed by atoms with Crippen molar-refractivity contribution >= 4 is 0 Å². The van der Waals surface area contributed by atoms with E-state index >= 15 is 0 Å². The van der Waals surface area contributed by atoms with E-state index in [2.05, 4.69) is 6.58 Å². The maximum absolute atomic E-state index is 9.47. The van der Waals surface area contributed by atoms with E-state index in [1.165, 1.54) is 0 Å². The Bertz CT molecular complexity index is 177. The summed E-state index contributed by atoms with van der Waals surface area (Å²) in [5.74, 6) is -0.488. The number of hydrogen-bond acceptors (Lipinski definition) is 3. The molecule has 0 spiro atoms. The molecule has 0 amide bonds. The largest absolute Gasteiger partial charge is 0.393 e. The highest BCUT2D eigenvalue weighted by atomic mass is 16.7. The molecule has 13 heavy (non-hydrogen) atoms. The summed E-state index contributed by atoms with van der Waals surface area (Å²) < 4.78 is 10.9. The van der Waals surface area contributed by atoms with Gasteiger partial charge in [0.1, 0.15) is 0 Å². The molecule has 1 saturated heterocycles. The summed E-state index contributed by atoms with van der Waals surface area (Å²) in [7, 11) is 0. The molecule has 1 aliphatic rings. The van der Waals surface area contributed by atoms with Crippen LogP contribution in [0, 0.1) is 0 Å². The quantitative estimate of drug-likeness (QED) is 0.676. The summed E-state index contributed by atoms with van der Waals surface area (Å²) in [6.07, 6.45) is 2.60. The van der Waals surface area contributed by atoms with Gasteiger partial charge in [0.25, 0.3) is 0 Å². The van der Waals surface area contributed by atoms with Crippen LogP contribution in [0.1, 0.15) is 26.7 Å². The Labute approximate surface area is 79.3 Å². The molecule has 0 aromatic carbocycles. The molecule has 1 rings (SSSR count). The zero-order valence-electron chi connectivity index (χ0n) is 8.32. The van der Waals surface area contributed by atoms with Gasteiger partial charge in [-0.15, -0.1) is 6.58 Å². The third kappa shape index (κ3) is 3.46. The lowest BCUT2D eigenvalue weighted by Crippen LogP contribution is -2.24. The van der Waals surface area contributed by atoms with Crippen LogP contribution in [0.3, 0.4) is 0 Å². The highest BCUT2D eigenvalue weighted by Crippen LogP contribution is 2.25. The fourth-order valence-corrected chi connectivity index (χ4v) is 1.47. The molecule has 0 radical (unpaired) electrons. The van der Waals surface area contributed by atoms with Crippen LogP contribution in [0.15, 0.2) is 12.7 Å². The first-order chi connectivity index (χ1) is 6.03. The Hall–Kier alpha value is -0.380. The minimum absolute atomic E-state index is 0.0185. The van der Waals surface area contributed by atoms with E-state index in [-0.39, 0.29) is 12.2 Å². The molecule has 0 saturated carbocycles. The molecule has 2 atom stereocenters. The average molecular weight is 186 g/mol. The molecular weight excluding hydrogens is 168 g/mol. The average Bonchev–Trinajstić information content (AvgIpc) is 2.30. The lowest BCUT2D eigenvalue weighted by molar-refractivity contribution is -0.141. The van der Waals surface area contributed by atoms with Gasteiger partial charge >= 0.3 is 0 Å². The molecule has 1 N–H and O–H groups in total. The molecule has 0 aromatic rings. The molecule has 3 heteroatoms. The van der Waals surface area contributed by atoms with Crippen LogP contribution >= 0.6 is 0 Å². The molecule has 0 bridgehead atoms. The second kappa shape index (κ2) is 4.22. The van der Waals surface area contributed by atoms with E-state index in [0.29, 0.717) is 19.4 Å². The highest BCUT2D eigenvalue weighted by molar-refractivity contribution is 4.78. The van der Waals surface area contributed by atoms with Crippen molar-refractivity contribution in [2.45, 2.75) is 44.7 Å². The molecule has 1 heterocycles. The SMILES string of the molecule is C=CC[C@H](O)C[C@H]1COC(C)(C)O1.